The lowest BCUT2D eigenvalue weighted by molar-refractivity contribution is -0.133. The molecule has 26 heavy (non-hydrogen) atoms. The Balaban J connectivity index is 1.41. The number of amides is 2. The van der Waals surface area contributed by atoms with Crippen LogP contribution in [0.4, 0.5) is 0 Å². The van der Waals surface area contributed by atoms with Gasteiger partial charge in [0, 0.05) is 32.0 Å². The predicted molar refractivity (Wildman–Crippen MR) is 98.3 cm³/mol. The predicted octanol–water partition coefficient (Wildman–Crippen LogP) is 2.58. The minimum atomic E-state index is -0.0913. The molecule has 1 saturated carbocycles. The summed E-state index contributed by atoms with van der Waals surface area (Å²) >= 11 is 0. The fourth-order valence-corrected chi connectivity index (χ4v) is 4.02. The van der Waals surface area contributed by atoms with Crippen molar-refractivity contribution in [2.45, 2.75) is 83.2 Å². The Morgan fingerprint density at radius 3 is 2.42 bits per heavy atom. The van der Waals surface area contributed by atoms with Gasteiger partial charge in [-0.3, -0.25) is 9.59 Å². The largest absolute Gasteiger partial charge is 0.349 e. The summed E-state index contributed by atoms with van der Waals surface area (Å²) in [7, 11) is 0. The van der Waals surface area contributed by atoms with Gasteiger partial charge >= 0.3 is 0 Å². The lowest BCUT2D eigenvalue weighted by Gasteiger charge is -2.24. The third-order valence-corrected chi connectivity index (χ3v) is 5.58. The summed E-state index contributed by atoms with van der Waals surface area (Å²) in [5, 5.41) is 11.1. The molecular weight excluding hydrogens is 330 g/mol. The van der Waals surface area contributed by atoms with Crippen LogP contribution in [0.25, 0.3) is 0 Å². The standard InChI is InChI=1S/C19H31N5O2/c25-18(10-11-19(26)23-12-6-1-2-7-13-23)20-14-17-22-21-15-24(17)16-8-4-3-5-9-16/h15-16H,1-14H2,(H,20,25). The molecule has 1 aromatic rings. The summed E-state index contributed by atoms with van der Waals surface area (Å²) < 4.78 is 2.11. The molecule has 3 rings (SSSR count). The van der Waals surface area contributed by atoms with Crippen molar-refractivity contribution in [1.82, 2.24) is 25.0 Å². The molecule has 144 valence electrons. The monoisotopic (exact) mass is 361 g/mol. The zero-order chi connectivity index (χ0) is 18.2. The Labute approximate surface area is 155 Å². The molecule has 1 N–H and O–H groups in total. The van der Waals surface area contributed by atoms with E-state index in [0.29, 0.717) is 19.0 Å². The first-order chi connectivity index (χ1) is 12.7. The first-order valence-electron chi connectivity index (χ1n) is 10.2. The van der Waals surface area contributed by atoms with Gasteiger partial charge in [-0.15, -0.1) is 10.2 Å². The van der Waals surface area contributed by atoms with Crippen molar-refractivity contribution in [1.29, 1.82) is 0 Å². The molecule has 2 fully saturated rings. The molecule has 2 amide bonds. The number of nitrogens with zero attached hydrogens (tertiary/aromatic N) is 4. The van der Waals surface area contributed by atoms with Crippen LogP contribution >= 0.6 is 0 Å². The van der Waals surface area contributed by atoms with Gasteiger partial charge in [0.25, 0.3) is 0 Å². The molecule has 1 saturated heterocycles. The molecule has 7 nitrogen and oxygen atoms in total. The average Bonchev–Trinajstić information content (AvgIpc) is 2.97. The quantitative estimate of drug-likeness (QED) is 0.844. The highest BCUT2D eigenvalue weighted by atomic mass is 16.2. The second-order valence-corrected chi connectivity index (χ2v) is 7.52. The van der Waals surface area contributed by atoms with E-state index < -0.39 is 0 Å². The summed E-state index contributed by atoms with van der Waals surface area (Å²) in [6.45, 7) is 2.06. The smallest absolute Gasteiger partial charge is 0.223 e. The summed E-state index contributed by atoms with van der Waals surface area (Å²) in [5.41, 5.74) is 0. The van der Waals surface area contributed by atoms with E-state index in [4.69, 9.17) is 0 Å². The van der Waals surface area contributed by atoms with Crippen LogP contribution in [-0.2, 0) is 16.1 Å². The summed E-state index contributed by atoms with van der Waals surface area (Å²) in [6, 6.07) is 0.454. The highest BCUT2D eigenvalue weighted by Crippen LogP contribution is 2.28. The van der Waals surface area contributed by atoms with Gasteiger partial charge in [-0.25, -0.2) is 0 Å². The topological polar surface area (TPSA) is 80.1 Å². The zero-order valence-corrected chi connectivity index (χ0v) is 15.7. The number of carbonyl (C=O) groups excluding carboxylic acids is 2. The van der Waals surface area contributed by atoms with Crippen molar-refractivity contribution < 1.29 is 9.59 Å². The maximum Gasteiger partial charge on any atom is 0.223 e. The number of likely N-dealkylation sites (tertiary alicyclic amines) is 1. The van der Waals surface area contributed by atoms with Crippen LogP contribution in [0.3, 0.4) is 0 Å². The minimum Gasteiger partial charge on any atom is -0.349 e. The molecule has 0 atom stereocenters. The molecule has 0 unspecified atom stereocenters. The van der Waals surface area contributed by atoms with Crippen LogP contribution in [-0.4, -0.2) is 44.6 Å². The van der Waals surface area contributed by atoms with Crippen molar-refractivity contribution in [2.75, 3.05) is 13.1 Å². The van der Waals surface area contributed by atoms with E-state index in [2.05, 4.69) is 20.1 Å². The Hall–Kier alpha value is -1.92. The van der Waals surface area contributed by atoms with Gasteiger partial charge in [-0.2, -0.15) is 0 Å². The Morgan fingerprint density at radius 1 is 1.00 bits per heavy atom. The van der Waals surface area contributed by atoms with Crippen LogP contribution in [0.1, 0.15) is 82.5 Å². The van der Waals surface area contributed by atoms with Crippen molar-refractivity contribution in [3.05, 3.63) is 12.2 Å². The van der Waals surface area contributed by atoms with Crippen molar-refractivity contribution in [3.8, 4) is 0 Å². The Kier molecular flexibility index (Phi) is 7.03. The number of rotatable bonds is 6. The maximum atomic E-state index is 12.3. The second kappa shape index (κ2) is 9.69. The SMILES string of the molecule is O=C(CCC(=O)N1CCCCCC1)NCc1nncn1C1CCCCC1. The van der Waals surface area contributed by atoms with Gasteiger partial charge in [-0.05, 0) is 25.7 Å². The normalized spacial score (nSPS) is 19.2. The van der Waals surface area contributed by atoms with Gasteiger partial charge in [0.05, 0.1) is 6.54 Å². The van der Waals surface area contributed by atoms with E-state index in [9.17, 15) is 9.59 Å². The van der Waals surface area contributed by atoms with Gasteiger partial charge in [0.1, 0.15) is 6.33 Å². The van der Waals surface area contributed by atoms with E-state index >= 15 is 0 Å². The molecule has 1 aromatic heterocycles. The van der Waals surface area contributed by atoms with Gasteiger partial charge in [0.2, 0.25) is 11.8 Å². The van der Waals surface area contributed by atoms with E-state index in [1.54, 1.807) is 6.33 Å². The van der Waals surface area contributed by atoms with Crippen molar-refractivity contribution in [3.63, 3.8) is 0 Å². The van der Waals surface area contributed by atoms with E-state index in [0.717, 1.165) is 44.6 Å². The lowest BCUT2D eigenvalue weighted by atomic mass is 9.95. The molecule has 0 spiro atoms. The number of aromatic nitrogens is 3. The number of hydrogen-bond donors (Lipinski definition) is 1. The first kappa shape index (κ1) is 18.9. The minimum absolute atomic E-state index is 0.0913. The average molecular weight is 361 g/mol. The zero-order valence-electron chi connectivity index (χ0n) is 15.7. The van der Waals surface area contributed by atoms with Gasteiger partial charge < -0.3 is 14.8 Å². The van der Waals surface area contributed by atoms with Crippen molar-refractivity contribution >= 4 is 11.8 Å². The molecular formula is C19H31N5O2. The summed E-state index contributed by atoms with van der Waals surface area (Å²) in [6.07, 6.45) is 13.0. The number of carbonyl (C=O) groups is 2. The fraction of sp³-hybridized carbons (Fsp3) is 0.789. The summed E-state index contributed by atoms with van der Waals surface area (Å²) in [4.78, 5) is 26.3. The third kappa shape index (κ3) is 5.29. The molecule has 1 aliphatic heterocycles. The van der Waals surface area contributed by atoms with E-state index in [1.165, 1.54) is 32.1 Å². The molecule has 0 radical (unpaired) electrons. The third-order valence-electron chi connectivity index (χ3n) is 5.58. The van der Waals surface area contributed by atoms with Crippen LogP contribution < -0.4 is 5.32 Å². The molecule has 2 aliphatic rings. The van der Waals surface area contributed by atoms with E-state index in [-0.39, 0.29) is 18.2 Å². The van der Waals surface area contributed by atoms with Crippen LogP contribution in [0.15, 0.2) is 6.33 Å². The molecule has 0 bridgehead atoms. The second-order valence-electron chi connectivity index (χ2n) is 7.52. The first-order valence-corrected chi connectivity index (χ1v) is 10.2. The van der Waals surface area contributed by atoms with Gasteiger partial charge in [0.15, 0.2) is 5.82 Å². The Morgan fingerprint density at radius 2 is 1.69 bits per heavy atom. The van der Waals surface area contributed by atoms with E-state index in [1.807, 2.05) is 4.90 Å². The van der Waals surface area contributed by atoms with Crippen molar-refractivity contribution in [2.24, 2.45) is 0 Å². The highest BCUT2D eigenvalue weighted by Gasteiger charge is 2.19. The Bertz CT molecular complexity index is 587. The lowest BCUT2D eigenvalue weighted by Crippen LogP contribution is -2.33. The fourth-order valence-electron chi connectivity index (χ4n) is 4.02. The van der Waals surface area contributed by atoms with Gasteiger partial charge in [-0.1, -0.05) is 32.1 Å². The van der Waals surface area contributed by atoms with Crippen LogP contribution in [0.5, 0.6) is 0 Å². The highest BCUT2D eigenvalue weighted by molar-refractivity contribution is 5.83. The number of nitrogens with one attached hydrogen (secondary N) is 1. The molecule has 0 aromatic carbocycles. The summed E-state index contributed by atoms with van der Waals surface area (Å²) in [5.74, 6) is 0.822. The number of hydrogen-bond acceptors (Lipinski definition) is 4. The molecule has 1 aliphatic carbocycles. The van der Waals surface area contributed by atoms with Crippen LogP contribution in [0.2, 0.25) is 0 Å². The molecule has 2 heterocycles. The van der Waals surface area contributed by atoms with Crippen LogP contribution in [0, 0.1) is 0 Å². The maximum absolute atomic E-state index is 12.3. The molecule has 7 heteroatoms.